The van der Waals surface area contributed by atoms with E-state index in [2.05, 4.69) is 9.97 Å². The lowest BCUT2D eigenvalue weighted by Gasteiger charge is -1.94. The molecule has 0 aliphatic rings. The molecule has 0 radical (unpaired) electrons. The van der Waals surface area contributed by atoms with E-state index in [4.69, 9.17) is 17.3 Å². The molecular weight excluding hydrogens is 254 g/mol. The molecule has 84 valence electrons. The van der Waals surface area contributed by atoms with Crippen molar-refractivity contribution in [2.75, 3.05) is 5.73 Å². The number of hydrogen-bond acceptors (Lipinski definition) is 4. The maximum atomic E-state index is 5.94. The topological polar surface area (TPSA) is 51.8 Å². The van der Waals surface area contributed by atoms with E-state index in [0.29, 0.717) is 5.82 Å². The van der Waals surface area contributed by atoms with Gasteiger partial charge in [-0.3, -0.25) is 0 Å². The zero-order valence-electron chi connectivity index (χ0n) is 8.72. The van der Waals surface area contributed by atoms with Gasteiger partial charge in [0.15, 0.2) is 0 Å². The molecule has 0 aliphatic heterocycles. The lowest BCUT2D eigenvalue weighted by molar-refractivity contribution is 1.33. The van der Waals surface area contributed by atoms with Crippen LogP contribution in [-0.2, 0) is 0 Å². The van der Waals surface area contributed by atoms with Crippen LogP contribution in [0.25, 0.3) is 20.8 Å². The van der Waals surface area contributed by atoms with E-state index in [1.54, 1.807) is 23.6 Å². The lowest BCUT2D eigenvalue weighted by Crippen LogP contribution is -1.88. The summed E-state index contributed by atoms with van der Waals surface area (Å²) in [4.78, 5) is 8.59. The fourth-order valence-corrected chi connectivity index (χ4v) is 2.79. The number of thiazole rings is 1. The smallest absolute Gasteiger partial charge is 0.126 e. The van der Waals surface area contributed by atoms with Gasteiger partial charge in [0.05, 0.1) is 10.2 Å². The van der Waals surface area contributed by atoms with Crippen molar-refractivity contribution in [2.24, 2.45) is 0 Å². The molecule has 3 aromatic rings. The van der Waals surface area contributed by atoms with E-state index in [-0.39, 0.29) is 0 Å². The number of aromatic nitrogens is 2. The van der Waals surface area contributed by atoms with Gasteiger partial charge in [0, 0.05) is 16.8 Å². The highest BCUT2D eigenvalue weighted by atomic mass is 35.5. The Balaban J connectivity index is 2.14. The molecule has 3 rings (SSSR count). The molecule has 5 heteroatoms. The van der Waals surface area contributed by atoms with Gasteiger partial charge in [-0.2, -0.15) is 0 Å². The molecule has 17 heavy (non-hydrogen) atoms. The first-order chi connectivity index (χ1) is 8.22. The predicted octanol–water partition coefficient (Wildman–Crippen LogP) is 3.59. The molecule has 0 bridgehead atoms. The average Bonchev–Trinajstić information content (AvgIpc) is 2.72. The van der Waals surface area contributed by atoms with Gasteiger partial charge in [-0.05, 0) is 30.3 Å². The summed E-state index contributed by atoms with van der Waals surface area (Å²) in [6.45, 7) is 0. The lowest BCUT2D eigenvalue weighted by atomic mass is 10.3. The molecule has 2 N–H and O–H groups in total. The number of rotatable bonds is 1. The molecular formula is C12H8ClN3S. The van der Waals surface area contributed by atoms with Crippen molar-refractivity contribution in [3.8, 4) is 10.6 Å². The zero-order chi connectivity index (χ0) is 11.8. The normalized spacial score (nSPS) is 10.9. The second-order valence-corrected chi connectivity index (χ2v) is 5.07. The van der Waals surface area contributed by atoms with Gasteiger partial charge in [-0.1, -0.05) is 11.6 Å². The van der Waals surface area contributed by atoms with Crippen LogP contribution in [0.4, 0.5) is 5.82 Å². The molecule has 0 spiro atoms. The number of hydrogen-bond donors (Lipinski definition) is 1. The first kappa shape index (κ1) is 10.5. The number of pyridine rings is 1. The van der Waals surface area contributed by atoms with Gasteiger partial charge in [-0.15, -0.1) is 11.3 Å². The van der Waals surface area contributed by atoms with Crippen LogP contribution in [0, 0.1) is 0 Å². The van der Waals surface area contributed by atoms with Crippen LogP contribution in [0.5, 0.6) is 0 Å². The molecule has 0 atom stereocenters. The number of benzene rings is 1. The third kappa shape index (κ3) is 1.97. The van der Waals surface area contributed by atoms with Crippen LogP contribution in [0.1, 0.15) is 0 Å². The first-order valence-corrected chi connectivity index (χ1v) is 6.20. The minimum absolute atomic E-state index is 0.512. The molecule has 0 aliphatic carbocycles. The van der Waals surface area contributed by atoms with Crippen molar-refractivity contribution in [2.45, 2.75) is 0 Å². The summed E-state index contributed by atoms with van der Waals surface area (Å²) >= 11 is 7.54. The largest absolute Gasteiger partial charge is 0.384 e. The van der Waals surface area contributed by atoms with E-state index in [1.807, 2.05) is 24.3 Å². The SMILES string of the molecule is Nc1ccc(-c2nc3ccc(Cl)cc3s2)cn1. The Kier molecular flexibility index (Phi) is 2.46. The number of anilines is 1. The predicted molar refractivity (Wildman–Crippen MR) is 72.3 cm³/mol. The van der Waals surface area contributed by atoms with E-state index in [1.165, 1.54) is 0 Å². The van der Waals surface area contributed by atoms with Gasteiger partial charge in [0.25, 0.3) is 0 Å². The standard InChI is InChI=1S/C12H8ClN3S/c13-8-2-3-9-10(5-8)17-12(16-9)7-1-4-11(14)15-6-7/h1-6H,(H2,14,15). The highest BCUT2D eigenvalue weighted by Gasteiger charge is 2.06. The molecule has 0 saturated carbocycles. The first-order valence-electron chi connectivity index (χ1n) is 5.00. The molecule has 0 fully saturated rings. The van der Waals surface area contributed by atoms with Gasteiger partial charge in [-0.25, -0.2) is 9.97 Å². The zero-order valence-corrected chi connectivity index (χ0v) is 10.3. The molecule has 3 nitrogen and oxygen atoms in total. The van der Waals surface area contributed by atoms with Crippen molar-refractivity contribution >= 4 is 39.0 Å². The van der Waals surface area contributed by atoms with E-state index in [9.17, 15) is 0 Å². The van der Waals surface area contributed by atoms with E-state index >= 15 is 0 Å². The Bertz CT molecular complexity index is 676. The van der Waals surface area contributed by atoms with Crippen LogP contribution in [0.3, 0.4) is 0 Å². The second-order valence-electron chi connectivity index (χ2n) is 3.60. The minimum Gasteiger partial charge on any atom is -0.384 e. The number of fused-ring (bicyclic) bond motifs is 1. The summed E-state index contributed by atoms with van der Waals surface area (Å²) in [5, 5.41) is 1.65. The van der Waals surface area contributed by atoms with Crippen molar-refractivity contribution in [3.05, 3.63) is 41.6 Å². The summed E-state index contributed by atoms with van der Waals surface area (Å²) in [6, 6.07) is 9.37. The fraction of sp³-hybridized carbons (Fsp3) is 0. The van der Waals surface area contributed by atoms with Crippen LogP contribution >= 0.6 is 22.9 Å². The fourth-order valence-electron chi connectivity index (χ4n) is 1.55. The van der Waals surface area contributed by atoms with Crippen molar-refractivity contribution in [1.82, 2.24) is 9.97 Å². The highest BCUT2D eigenvalue weighted by Crippen LogP contribution is 2.31. The van der Waals surface area contributed by atoms with Crippen LogP contribution < -0.4 is 5.73 Å². The van der Waals surface area contributed by atoms with Crippen LogP contribution in [0.2, 0.25) is 5.02 Å². The number of nitrogen functional groups attached to an aromatic ring is 1. The Hall–Kier alpha value is -1.65. The highest BCUT2D eigenvalue weighted by molar-refractivity contribution is 7.21. The van der Waals surface area contributed by atoms with E-state index in [0.717, 1.165) is 25.8 Å². The maximum Gasteiger partial charge on any atom is 0.126 e. The molecule has 0 amide bonds. The Morgan fingerprint density at radius 1 is 1.18 bits per heavy atom. The summed E-state index contributed by atoms with van der Waals surface area (Å²) < 4.78 is 1.07. The number of nitrogens with two attached hydrogens (primary N) is 1. The molecule has 0 saturated heterocycles. The minimum atomic E-state index is 0.512. The molecule has 2 aromatic heterocycles. The van der Waals surface area contributed by atoms with Crippen molar-refractivity contribution in [1.29, 1.82) is 0 Å². The third-order valence-electron chi connectivity index (χ3n) is 2.38. The van der Waals surface area contributed by atoms with Gasteiger partial charge < -0.3 is 5.73 Å². The monoisotopic (exact) mass is 261 g/mol. The quantitative estimate of drug-likeness (QED) is 0.728. The van der Waals surface area contributed by atoms with Crippen LogP contribution in [0.15, 0.2) is 36.5 Å². The van der Waals surface area contributed by atoms with Crippen molar-refractivity contribution in [3.63, 3.8) is 0 Å². The second kappa shape index (κ2) is 3.98. The molecule has 1 aromatic carbocycles. The average molecular weight is 262 g/mol. The summed E-state index contributed by atoms with van der Waals surface area (Å²) in [6.07, 6.45) is 1.73. The summed E-state index contributed by atoms with van der Waals surface area (Å²) in [5.41, 5.74) is 7.47. The Morgan fingerprint density at radius 3 is 2.82 bits per heavy atom. The van der Waals surface area contributed by atoms with Gasteiger partial charge in [0.1, 0.15) is 10.8 Å². The van der Waals surface area contributed by atoms with Gasteiger partial charge in [0.2, 0.25) is 0 Å². The van der Waals surface area contributed by atoms with Crippen LogP contribution in [-0.4, -0.2) is 9.97 Å². The summed E-state index contributed by atoms with van der Waals surface area (Å²) in [5.74, 6) is 0.512. The maximum absolute atomic E-state index is 5.94. The molecule has 0 unspecified atom stereocenters. The number of halogens is 1. The van der Waals surface area contributed by atoms with E-state index < -0.39 is 0 Å². The summed E-state index contributed by atoms with van der Waals surface area (Å²) in [7, 11) is 0. The van der Waals surface area contributed by atoms with Gasteiger partial charge >= 0.3 is 0 Å². The molecule has 2 heterocycles. The Morgan fingerprint density at radius 2 is 2.06 bits per heavy atom. The third-order valence-corrected chi connectivity index (χ3v) is 3.69. The Labute approximate surface area is 107 Å². The van der Waals surface area contributed by atoms with Crippen molar-refractivity contribution < 1.29 is 0 Å². The number of nitrogens with zero attached hydrogens (tertiary/aromatic N) is 2.